The summed E-state index contributed by atoms with van der Waals surface area (Å²) in [6.45, 7) is 2.60. The molecule has 3 N–H and O–H groups in total. The number of carbonyl (C=O) groups is 2. The Bertz CT molecular complexity index is 975. The third-order valence-electron chi connectivity index (χ3n) is 4.24. The quantitative estimate of drug-likeness (QED) is 0.629. The first-order valence-electron chi connectivity index (χ1n) is 8.83. The molecule has 2 aromatic carbocycles. The van der Waals surface area contributed by atoms with Gasteiger partial charge in [-0.15, -0.1) is 0 Å². The summed E-state index contributed by atoms with van der Waals surface area (Å²) in [5, 5.41) is 6.75. The van der Waals surface area contributed by atoms with E-state index in [0.717, 1.165) is 27.8 Å². The summed E-state index contributed by atoms with van der Waals surface area (Å²) >= 11 is 0. The van der Waals surface area contributed by atoms with Gasteiger partial charge >= 0.3 is 0 Å². The van der Waals surface area contributed by atoms with E-state index in [1.807, 2.05) is 74.4 Å². The van der Waals surface area contributed by atoms with E-state index in [-0.39, 0.29) is 11.8 Å². The van der Waals surface area contributed by atoms with E-state index in [1.165, 1.54) is 0 Å². The third kappa shape index (κ3) is 4.54. The lowest BCUT2D eigenvalue weighted by Gasteiger charge is -2.11. The van der Waals surface area contributed by atoms with Crippen LogP contribution in [0.5, 0.6) is 0 Å². The number of aromatic amines is 1. The van der Waals surface area contributed by atoms with E-state index < -0.39 is 0 Å². The van der Waals surface area contributed by atoms with Crippen molar-refractivity contribution in [3.63, 3.8) is 0 Å². The molecular weight excluding hydrogens is 340 g/mol. The number of hydrogen-bond donors (Lipinski definition) is 3. The molecule has 6 heteroatoms. The Morgan fingerprint density at radius 3 is 2.63 bits per heavy atom. The van der Waals surface area contributed by atoms with Crippen LogP contribution >= 0.6 is 0 Å². The molecule has 1 heterocycles. The minimum Gasteiger partial charge on any atom is -0.358 e. The first-order chi connectivity index (χ1) is 12.9. The summed E-state index contributed by atoms with van der Waals surface area (Å²) in [6, 6.07) is 15.3. The van der Waals surface area contributed by atoms with Crippen molar-refractivity contribution in [3.05, 3.63) is 65.4 Å². The Morgan fingerprint density at radius 1 is 1.07 bits per heavy atom. The van der Waals surface area contributed by atoms with Crippen LogP contribution < -0.4 is 10.6 Å². The molecule has 2 amide bonds. The van der Waals surface area contributed by atoms with Gasteiger partial charge in [0.05, 0.1) is 12.1 Å². The Kier molecular flexibility index (Phi) is 5.57. The number of rotatable bonds is 6. The van der Waals surface area contributed by atoms with Crippen LogP contribution in [0.15, 0.2) is 48.5 Å². The summed E-state index contributed by atoms with van der Waals surface area (Å²) in [7, 11) is 3.69. The van der Waals surface area contributed by atoms with E-state index >= 15 is 0 Å². The normalized spacial score (nSPS) is 11.0. The van der Waals surface area contributed by atoms with Gasteiger partial charge < -0.3 is 20.5 Å². The first-order valence-corrected chi connectivity index (χ1v) is 8.83. The molecule has 0 bridgehead atoms. The fourth-order valence-corrected chi connectivity index (χ4v) is 3.09. The second-order valence-electron chi connectivity index (χ2n) is 6.84. The van der Waals surface area contributed by atoms with Crippen LogP contribution in [-0.2, 0) is 11.3 Å². The summed E-state index contributed by atoms with van der Waals surface area (Å²) in [6.07, 6.45) is 0. The predicted octanol–water partition coefficient (Wildman–Crippen LogP) is 2.91. The van der Waals surface area contributed by atoms with Crippen LogP contribution in [0.3, 0.4) is 0 Å². The Hall–Kier alpha value is -3.12. The lowest BCUT2D eigenvalue weighted by molar-refractivity contribution is -0.116. The predicted molar refractivity (Wildman–Crippen MR) is 108 cm³/mol. The number of benzene rings is 2. The summed E-state index contributed by atoms with van der Waals surface area (Å²) in [5.41, 5.74) is 4.10. The van der Waals surface area contributed by atoms with Crippen molar-refractivity contribution in [2.45, 2.75) is 13.5 Å². The minimum atomic E-state index is -0.119. The number of aromatic nitrogens is 1. The highest BCUT2D eigenvalue weighted by Crippen LogP contribution is 2.21. The zero-order chi connectivity index (χ0) is 19.4. The highest BCUT2D eigenvalue weighted by atomic mass is 16.2. The van der Waals surface area contributed by atoms with Crippen LogP contribution in [0, 0.1) is 6.92 Å². The number of hydrogen-bond acceptors (Lipinski definition) is 3. The molecule has 6 nitrogen and oxygen atoms in total. The zero-order valence-electron chi connectivity index (χ0n) is 15.8. The molecule has 0 radical (unpaired) electrons. The molecule has 0 spiro atoms. The number of fused-ring (bicyclic) bond motifs is 1. The molecule has 0 saturated carbocycles. The fraction of sp³-hybridized carbons (Fsp3) is 0.238. The highest BCUT2D eigenvalue weighted by molar-refractivity contribution is 6.08. The average Bonchev–Trinajstić information content (AvgIpc) is 2.95. The number of nitrogens with zero attached hydrogens (tertiary/aromatic N) is 1. The molecule has 0 atom stereocenters. The van der Waals surface area contributed by atoms with Gasteiger partial charge in [0.2, 0.25) is 5.91 Å². The molecule has 0 aliphatic rings. The second-order valence-corrected chi connectivity index (χ2v) is 6.84. The van der Waals surface area contributed by atoms with E-state index in [9.17, 15) is 9.59 Å². The number of carbonyl (C=O) groups excluding carboxylic acids is 2. The number of amides is 2. The molecule has 0 saturated heterocycles. The molecule has 140 valence electrons. The SMILES string of the molecule is Cc1[nH]c2ccccc2c1C(=O)NCc1cccc(NC(=O)CN(C)C)c1. The molecular formula is C21H24N4O2. The molecule has 3 aromatic rings. The van der Waals surface area contributed by atoms with Gasteiger partial charge in [0.15, 0.2) is 0 Å². The molecule has 3 rings (SSSR count). The monoisotopic (exact) mass is 364 g/mol. The van der Waals surface area contributed by atoms with Crippen LogP contribution in [-0.4, -0.2) is 42.3 Å². The van der Waals surface area contributed by atoms with Crippen LogP contribution in [0.4, 0.5) is 5.69 Å². The van der Waals surface area contributed by atoms with E-state index in [0.29, 0.717) is 18.7 Å². The lowest BCUT2D eigenvalue weighted by Crippen LogP contribution is -2.27. The maximum atomic E-state index is 12.7. The second kappa shape index (κ2) is 8.05. The summed E-state index contributed by atoms with van der Waals surface area (Å²) in [4.78, 5) is 29.6. The van der Waals surface area contributed by atoms with Gasteiger partial charge in [0.1, 0.15) is 0 Å². The van der Waals surface area contributed by atoms with E-state index in [2.05, 4.69) is 15.6 Å². The molecule has 0 unspecified atom stereocenters. The topological polar surface area (TPSA) is 77.2 Å². The van der Waals surface area contributed by atoms with E-state index in [1.54, 1.807) is 0 Å². The smallest absolute Gasteiger partial charge is 0.253 e. The fourth-order valence-electron chi connectivity index (χ4n) is 3.09. The minimum absolute atomic E-state index is 0.0735. The van der Waals surface area contributed by atoms with Gasteiger partial charge in [0, 0.05) is 28.8 Å². The lowest BCUT2D eigenvalue weighted by atomic mass is 10.1. The van der Waals surface area contributed by atoms with Crippen molar-refractivity contribution in [1.82, 2.24) is 15.2 Å². The number of para-hydroxylation sites is 1. The van der Waals surface area contributed by atoms with Crippen LogP contribution in [0.2, 0.25) is 0 Å². The Labute approximate surface area is 158 Å². The number of aryl methyl sites for hydroxylation is 1. The van der Waals surface area contributed by atoms with Gasteiger partial charge in [-0.05, 0) is 44.8 Å². The first kappa shape index (κ1) is 18.7. The van der Waals surface area contributed by atoms with Crippen molar-refractivity contribution in [2.75, 3.05) is 26.0 Å². The van der Waals surface area contributed by atoms with Crippen molar-refractivity contribution in [3.8, 4) is 0 Å². The number of anilines is 1. The maximum absolute atomic E-state index is 12.7. The number of nitrogens with one attached hydrogen (secondary N) is 3. The molecule has 27 heavy (non-hydrogen) atoms. The van der Waals surface area contributed by atoms with Crippen LogP contribution in [0.25, 0.3) is 10.9 Å². The molecule has 0 fully saturated rings. The maximum Gasteiger partial charge on any atom is 0.253 e. The van der Waals surface area contributed by atoms with Gasteiger partial charge in [-0.25, -0.2) is 0 Å². The summed E-state index contributed by atoms with van der Waals surface area (Å²) < 4.78 is 0. The number of H-pyrrole nitrogens is 1. The highest BCUT2D eigenvalue weighted by Gasteiger charge is 2.15. The average molecular weight is 364 g/mol. The van der Waals surface area contributed by atoms with Gasteiger partial charge in [-0.1, -0.05) is 30.3 Å². The summed E-state index contributed by atoms with van der Waals surface area (Å²) in [5.74, 6) is -0.192. The molecule has 0 aliphatic heterocycles. The van der Waals surface area contributed by atoms with Gasteiger partial charge in [-0.3, -0.25) is 9.59 Å². The third-order valence-corrected chi connectivity index (χ3v) is 4.24. The molecule has 0 aliphatic carbocycles. The Morgan fingerprint density at radius 2 is 1.85 bits per heavy atom. The van der Waals surface area contributed by atoms with Crippen LogP contribution in [0.1, 0.15) is 21.6 Å². The van der Waals surface area contributed by atoms with Crippen molar-refractivity contribution in [1.29, 1.82) is 0 Å². The Balaban J connectivity index is 1.68. The largest absolute Gasteiger partial charge is 0.358 e. The van der Waals surface area contributed by atoms with Crippen molar-refractivity contribution in [2.24, 2.45) is 0 Å². The van der Waals surface area contributed by atoms with Gasteiger partial charge in [0.25, 0.3) is 5.91 Å². The standard InChI is InChI=1S/C21H24N4O2/c1-14-20(17-9-4-5-10-18(17)23-14)21(27)22-12-15-7-6-8-16(11-15)24-19(26)13-25(2)3/h4-11,23H,12-13H2,1-3H3,(H,22,27)(H,24,26). The zero-order valence-corrected chi connectivity index (χ0v) is 15.8. The van der Waals surface area contributed by atoms with Crippen molar-refractivity contribution < 1.29 is 9.59 Å². The van der Waals surface area contributed by atoms with Gasteiger partial charge in [-0.2, -0.15) is 0 Å². The van der Waals surface area contributed by atoms with E-state index in [4.69, 9.17) is 0 Å². The number of likely N-dealkylation sites (N-methyl/N-ethyl adjacent to an activating group) is 1. The van der Waals surface area contributed by atoms with Crippen molar-refractivity contribution >= 4 is 28.4 Å². The molecule has 1 aromatic heterocycles.